The molecule has 4 aliphatic rings. The van der Waals surface area contributed by atoms with Crippen molar-refractivity contribution < 1.29 is 4.74 Å². The molecule has 1 saturated carbocycles. The molecule has 3 fully saturated rings. The van der Waals surface area contributed by atoms with Crippen molar-refractivity contribution in [2.24, 2.45) is 10.9 Å². The van der Waals surface area contributed by atoms with Gasteiger partial charge in [0.1, 0.15) is 0 Å². The van der Waals surface area contributed by atoms with E-state index in [2.05, 4.69) is 15.2 Å². The Labute approximate surface area is 119 Å². The summed E-state index contributed by atoms with van der Waals surface area (Å²) >= 11 is 1.96. The summed E-state index contributed by atoms with van der Waals surface area (Å²) in [6.07, 6.45) is 5.86. The van der Waals surface area contributed by atoms with E-state index in [1.165, 1.54) is 32.2 Å². The standard InChI is InChI=1S/C14H23N3OS/c1-2-11-9-18-12(8-17(11)5-1)6-15-14-16-7-13(19-14)10-3-4-10/h10-13H,1-9H2,(H,15,16). The topological polar surface area (TPSA) is 36.9 Å². The summed E-state index contributed by atoms with van der Waals surface area (Å²) < 4.78 is 5.97. The molecule has 3 unspecified atom stereocenters. The molecule has 5 heteroatoms. The fraction of sp³-hybridized carbons (Fsp3) is 0.929. The van der Waals surface area contributed by atoms with Crippen molar-refractivity contribution >= 4 is 16.9 Å². The van der Waals surface area contributed by atoms with Gasteiger partial charge in [-0.2, -0.15) is 0 Å². The third kappa shape index (κ3) is 2.78. The Kier molecular flexibility index (Phi) is 3.46. The van der Waals surface area contributed by atoms with E-state index in [4.69, 9.17) is 4.74 Å². The lowest BCUT2D eigenvalue weighted by molar-refractivity contribution is -0.0451. The number of rotatable bonds is 3. The number of thioether (sulfide) groups is 1. The van der Waals surface area contributed by atoms with Gasteiger partial charge in [-0.1, -0.05) is 11.8 Å². The lowest BCUT2D eigenvalue weighted by Gasteiger charge is -2.35. The summed E-state index contributed by atoms with van der Waals surface area (Å²) in [5.41, 5.74) is 0. The third-order valence-corrected chi connectivity index (χ3v) is 6.10. The first-order chi connectivity index (χ1) is 9.38. The first kappa shape index (κ1) is 12.5. The Morgan fingerprint density at radius 3 is 3.21 bits per heavy atom. The molecule has 3 aliphatic heterocycles. The van der Waals surface area contributed by atoms with Gasteiger partial charge >= 0.3 is 0 Å². The molecule has 4 nitrogen and oxygen atoms in total. The van der Waals surface area contributed by atoms with E-state index in [9.17, 15) is 0 Å². The van der Waals surface area contributed by atoms with E-state index in [-0.39, 0.29) is 0 Å². The molecule has 0 amide bonds. The monoisotopic (exact) mass is 281 g/mol. The molecule has 0 bridgehead atoms. The molecule has 0 aromatic carbocycles. The largest absolute Gasteiger partial charge is 0.373 e. The molecule has 3 atom stereocenters. The number of amidine groups is 1. The lowest BCUT2D eigenvalue weighted by Crippen LogP contribution is -2.49. The summed E-state index contributed by atoms with van der Waals surface area (Å²) in [7, 11) is 0. The van der Waals surface area contributed by atoms with Gasteiger partial charge in [0.05, 0.1) is 19.3 Å². The molecule has 0 spiro atoms. The van der Waals surface area contributed by atoms with Crippen LogP contribution >= 0.6 is 11.8 Å². The average Bonchev–Trinajstić information content (AvgIpc) is 3.01. The fourth-order valence-corrected chi connectivity index (χ4v) is 4.63. The summed E-state index contributed by atoms with van der Waals surface area (Å²) in [6, 6.07) is 0.702. The van der Waals surface area contributed by atoms with Gasteiger partial charge in [0.2, 0.25) is 0 Å². The molecule has 2 saturated heterocycles. The summed E-state index contributed by atoms with van der Waals surface area (Å²) in [6.45, 7) is 5.24. The van der Waals surface area contributed by atoms with Crippen molar-refractivity contribution in [1.82, 2.24) is 10.2 Å². The minimum Gasteiger partial charge on any atom is -0.373 e. The minimum atomic E-state index is 0.345. The average molecular weight is 281 g/mol. The number of hydrogen-bond donors (Lipinski definition) is 1. The van der Waals surface area contributed by atoms with Crippen molar-refractivity contribution in [2.75, 3.05) is 32.8 Å². The van der Waals surface area contributed by atoms with Gasteiger partial charge in [-0.15, -0.1) is 0 Å². The number of morpholine rings is 1. The van der Waals surface area contributed by atoms with Crippen molar-refractivity contribution in [3.8, 4) is 0 Å². The molecular formula is C14H23N3OS. The highest BCUT2D eigenvalue weighted by molar-refractivity contribution is 8.14. The van der Waals surface area contributed by atoms with Crippen LogP contribution in [0.25, 0.3) is 0 Å². The second-order valence-electron chi connectivity index (χ2n) is 6.27. The first-order valence-electron chi connectivity index (χ1n) is 7.69. The number of hydrogen-bond acceptors (Lipinski definition) is 5. The van der Waals surface area contributed by atoms with E-state index in [0.29, 0.717) is 12.1 Å². The highest BCUT2D eigenvalue weighted by Crippen LogP contribution is 2.41. The normalized spacial score (nSPS) is 39.2. The van der Waals surface area contributed by atoms with E-state index in [0.717, 1.165) is 42.6 Å². The zero-order chi connectivity index (χ0) is 12.7. The van der Waals surface area contributed by atoms with Crippen LogP contribution in [0.5, 0.6) is 0 Å². The smallest absolute Gasteiger partial charge is 0.157 e. The van der Waals surface area contributed by atoms with Gasteiger partial charge < -0.3 is 10.1 Å². The van der Waals surface area contributed by atoms with Crippen LogP contribution in [-0.4, -0.2) is 60.2 Å². The Morgan fingerprint density at radius 2 is 2.32 bits per heavy atom. The first-order valence-corrected chi connectivity index (χ1v) is 8.57. The maximum Gasteiger partial charge on any atom is 0.157 e. The molecule has 0 radical (unpaired) electrons. The molecule has 3 heterocycles. The van der Waals surface area contributed by atoms with Crippen LogP contribution in [0.4, 0.5) is 0 Å². The molecule has 0 aromatic heterocycles. The van der Waals surface area contributed by atoms with Crippen LogP contribution in [-0.2, 0) is 4.74 Å². The summed E-state index contributed by atoms with van der Waals surface area (Å²) in [5.74, 6) is 0.948. The number of fused-ring (bicyclic) bond motifs is 1. The van der Waals surface area contributed by atoms with Gasteiger partial charge in [0.15, 0.2) is 5.17 Å². The van der Waals surface area contributed by atoms with Crippen LogP contribution in [0.3, 0.4) is 0 Å². The Balaban J connectivity index is 1.22. The highest BCUT2D eigenvalue weighted by Gasteiger charge is 2.36. The zero-order valence-corrected chi connectivity index (χ0v) is 12.2. The molecule has 1 aliphatic carbocycles. The Morgan fingerprint density at radius 1 is 1.37 bits per heavy atom. The second kappa shape index (κ2) is 5.26. The van der Waals surface area contributed by atoms with Crippen LogP contribution in [0.1, 0.15) is 25.7 Å². The molecule has 4 rings (SSSR count). The maximum absolute atomic E-state index is 5.97. The maximum atomic E-state index is 5.97. The molecule has 0 aromatic rings. The summed E-state index contributed by atoms with van der Waals surface area (Å²) in [4.78, 5) is 7.23. The van der Waals surface area contributed by atoms with Crippen molar-refractivity contribution in [2.45, 2.75) is 43.1 Å². The van der Waals surface area contributed by atoms with Gasteiger partial charge in [0, 0.05) is 24.4 Å². The van der Waals surface area contributed by atoms with Gasteiger partial charge in [-0.3, -0.25) is 9.89 Å². The molecule has 1 N–H and O–H groups in total. The van der Waals surface area contributed by atoms with E-state index in [1.807, 2.05) is 11.8 Å². The van der Waals surface area contributed by atoms with Crippen molar-refractivity contribution in [3.05, 3.63) is 0 Å². The molecule has 19 heavy (non-hydrogen) atoms. The van der Waals surface area contributed by atoms with Gasteiger partial charge in [-0.25, -0.2) is 0 Å². The summed E-state index contributed by atoms with van der Waals surface area (Å²) in [5, 5.41) is 5.42. The Hall–Kier alpha value is -0.260. The number of nitrogens with zero attached hydrogens (tertiary/aromatic N) is 2. The quantitative estimate of drug-likeness (QED) is 0.846. The number of ether oxygens (including phenoxy) is 1. The van der Waals surface area contributed by atoms with E-state index < -0.39 is 0 Å². The van der Waals surface area contributed by atoms with Crippen LogP contribution < -0.4 is 5.32 Å². The second-order valence-corrected chi connectivity index (χ2v) is 7.49. The van der Waals surface area contributed by atoms with E-state index in [1.54, 1.807) is 0 Å². The lowest BCUT2D eigenvalue weighted by atomic mass is 10.2. The third-order valence-electron chi connectivity index (χ3n) is 4.77. The van der Waals surface area contributed by atoms with Crippen LogP contribution in [0.15, 0.2) is 4.99 Å². The predicted molar refractivity (Wildman–Crippen MR) is 78.7 cm³/mol. The fourth-order valence-electron chi connectivity index (χ4n) is 3.41. The minimum absolute atomic E-state index is 0.345. The number of aliphatic imine (C=N–C) groups is 1. The predicted octanol–water partition coefficient (Wildman–Crippen LogP) is 1.32. The Bertz CT molecular complexity index is 372. The van der Waals surface area contributed by atoms with Crippen molar-refractivity contribution in [1.29, 1.82) is 0 Å². The van der Waals surface area contributed by atoms with Crippen molar-refractivity contribution in [3.63, 3.8) is 0 Å². The SMILES string of the molecule is C1CC2COC(CNC3=NCC(C4CC4)S3)CN2C1. The van der Waals surface area contributed by atoms with Crippen LogP contribution in [0.2, 0.25) is 0 Å². The number of nitrogens with one attached hydrogen (secondary N) is 1. The van der Waals surface area contributed by atoms with Gasteiger partial charge in [-0.05, 0) is 38.1 Å². The molecule has 106 valence electrons. The van der Waals surface area contributed by atoms with Gasteiger partial charge in [0.25, 0.3) is 0 Å². The van der Waals surface area contributed by atoms with Crippen LogP contribution in [0, 0.1) is 5.92 Å². The molecular weight excluding hydrogens is 258 g/mol. The van der Waals surface area contributed by atoms with E-state index >= 15 is 0 Å². The highest BCUT2D eigenvalue weighted by atomic mass is 32.2. The zero-order valence-electron chi connectivity index (χ0n) is 11.4.